The summed E-state index contributed by atoms with van der Waals surface area (Å²) in [6, 6.07) is 0. The summed E-state index contributed by atoms with van der Waals surface area (Å²) in [6.45, 7) is 2.00. The second-order valence-electron chi connectivity index (χ2n) is 3.69. The van der Waals surface area contributed by atoms with Crippen LogP contribution in [0.25, 0.3) is 0 Å². The molecule has 0 amide bonds. The molecule has 0 fully saturated rings. The summed E-state index contributed by atoms with van der Waals surface area (Å²) in [5.74, 6) is 1.96. The molecule has 1 aromatic rings. The molecule has 1 aromatic carbocycles. The van der Waals surface area contributed by atoms with Gasteiger partial charge in [0, 0.05) is 29.4 Å². The van der Waals surface area contributed by atoms with E-state index in [1.165, 1.54) is 0 Å². The molecule has 0 unspecified atom stereocenters. The summed E-state index contributed by atoms with van der Waals surface area (Å²) < 4.78 is 0. The van der Waals surface area contributed by atoms with Crippen LogP contribution in [0.3, 0.4) is 0 Å². The van der Waals surface area contributed by atoms with Gasteiger partial charge in [-0.1, -0.05) is 0 Å². The Balaban J connectivity index is 3.66. The van der Waals surface area contributed by atoms with Crippen LogP contribution in [0.15, 0.2) is 0 Å². The van der Waals surface area contributed by atoms with E-state index in [1.54, 1.807) is 0 Å². The third-order valence-corrected chi connectivity index (χ3v) is 4.37. The van der Waals surface area contributed by atoms with Crippen molar-refractivity contribution in [3.05, 3.63) is 33.4 Å². The molecule has 0 bridgehead atoms. The smallest absolute Gasteiger partial charge is 0.0480 e. The molecule has 0 saturated heterocycles. The normalized spacial score (nSPS) is 10.9. The fourth-order valence-corrected chi connectivity index (χ4v) is 3.72. The summed E-state index contributed by atoms with van der Waals surface area (Å²) in [5.41, 5.74) is 6.12. The van der Waals surface area contributed by atoms with Crippen LogP contribution < -0.4 is 0 Å². The Morgan fingerprint density at radius 3 is 1.00 bits per heavy atom. The van der Waals surface area contributed by atoms with E-state index in [1.807, 2.05) is 6.92 Å². The average Bonchev–Trinajstić information content (AvgIpc) is 2.36. The Bertz CT molecular complexity index is 367. The summed E-state index contributed by atoms with van der Waals surface area (Å²) in [7, 11) is 0. The SMILES string of the molecule is Cc1c(CCl)c(CCl)c(CCl)c(CCl)c1CCl. The van der Waals surface area contributed by atoms with E-state index in [2.05, 4.69) is 0 Å². The number of hydrogen-bond donors (Lipinski definition) is 0. The fraction of sp³-hybridized carbons (Fsp3) is 0.500. The first-order valence-electron chi connectivity index (χ1n) is 5.10. The van der Waals surface area contributed by atoms with Crippen molar-refractivity contribution in [3.8, 4) is 0 Å². The van der Waals surface area contributed by atoms with Crippen molar-refractivity contribution in [3.63, 3.8) is 0 Å². The van der Waals surface area contributed by atoms with Crippen LogP contribution in [0.1, 0.15) is 33.4 Å². The van der Waals surface area contributed by atoms with Gasteiger partial charge >= 0.3 is 0 Å². The van der Waals surface area contributed by atoms with Crippen molar-refractivity contribution in [2.75, 3.05) is 0 Å². The molecule has 96 valence electrons. The molecule has 0 heterocycles. The highest BCUT2D eigenvalue weighted by molar-refractivity contribution is 6.21. The van der Waals surface area contributed by atoms with E-state index in [4.69, 9.17) is 58.0 Å². The lowest BCUT2D eigenvalue weighted by molar-refractivity contribution is 1.07. The lowest BCUT2D eigenvalue weighted by atomic mass is 9.90. The third kappa shape index (κ3) is 2.98. The van der Waals surface area contributed by atoms with Gasteiger partial charge in [0.25, 0.3) is 0 Å². The van der Waals surface area contributed by atoms with Gasteiger partial charge in [0.2, 0.25) is 0 Å². The first-order valence-corrected chi connectivity index (χ1v) is 7.78. The Morgan fingerprint density at radius 1 is 0.529 bits per heavy atom. The van der Waals surface area contributed by atoms with Crippen LogP contribution in [0, 0.1) is 6.92 Å². The highest BCUT2D eigenvalue weighted by Gasteiger charge is 2.19. The molecule has 1 rings (SSSR count). The van der Waals surface area contributed by atoms with E-state index < -0.39 is 0 Å². The van der Waals surface area contributed by atoms with Gasteiger partial charge in [-0.05, 0) is 40.3 Å². The summed E-state index contributed by atoms with van der Waals surface area (Å²) in [6.07, 6.45) is 0. The predicted molar refractivity (Wildman–Crippen MR) is 79.0 cm³/mol. The van der Waals surface area contributed by atoms with Crippen molar-refractivity contribution in [2.24, 2.45) is 0 Å². The van der Waals surface area contributed by atoms with Crippen LogP contribution in [-0.4, -0.2) is 0 Å². The monoisotopic (exact) mass is 332 g/mol. The summed E-state index contributed by atoms with van der Waals surface area (Å²) in [4.78, 5) is 0. The molecule has 0 radical (unpaired) electrons. The molecule has 0 aliphatic rings. The number of benzene rings is 1. The van der Waals surface area contributed by atoms with Crippen molar-refractivity contribution < 1.29 is 0 Å². The first-order chi connectivity index (χ1) is 8.15. The third-order valence-electron chi connectivity index (χ3n) is 3.03. The van der Waals surface area contributed by atoms with E-state index in [9.17, 15) is 0 Å². The molecule has 0 aliphatic heterocycles. The molecule has 0 aliphatic carbocycles. The zero-order valence-corrected chi connectivity index (χ0v) is 13.2. The fourth-order valence-electron chi connectivity index (χ4n) is 2.03. The second kappa shape index (κ2) is 7.31. The van der Waals surface area contributed by atoms with Crippen LogP contribution in [-0.2, 0) is 29.4 Å². The van der Waals surface area contributed by atoms with Crippen molar-refractivity contribution in [1.82, 2.24) is 0 Å². The maximum atomic E-state index is 6.00. The number of halogens is 5. The van der Waals surface area contributed by atoms with E-state index >= 15 is 0 Å². The zero-order chi connectivity index (χ0) is 13.0. The number of hydrogen-bond acceptors (Lipinski definition) is 0. The lowest BCUT2D eigenvalue weighted by Gasteiger charge is -2.21. The van der Waals surface area contributed by atoms with Crippen LogP contribution >= 0.6 is 58.0 Å². The minimum Gasteiger partial charge on any atom is -0.122 e. The first kappa shape index (κ1) is 15.7. The van der Waals surface area contributed by atoms with Crippen molar-refractivity contribution >= 4 is 58.0 Å². The molecule has 0 nitrogen and oxygen atoms in total. The summed E-state index contributed by atoms with van der Waals surface area (Å²) in [5, 5.41) is 0. The average molecular weight is 335 g/mol. The molecule has 0 saturated carbocycles. The molecule has 5 heteroatoms. The van der Waals surface area contributed by atoms with Crippen LogP contribution in [0.5, 0.6) is 0 Å². The molecule has 17 heavy (non-hydrogen) atoms. The minimum atomic E-state index is 0.373. The van der Waals surface area contributed by atoms with Crippen molar-refractivity contribution in [2.45, 2.75) is 36.3 Å². The number of rotatable bonds is 5. The second-order valence-corrected chi connectivity index (χ2v) is 5.02. The predicted octanol–water partition coefficient (Wildman–Crippen LogP) is 5.69. The maximum absolute atomic E-state index is 6.00. The Morgan fingerprint density at radius 2 is 0.765 bits per heavy atom. The van der Waals surface area contributed by atoms with Gasteiger partial charge in [0.05, 0.1) is 0 Å². The molecule has 0 aromatic heterocycles. The van der Waals surface area contributed by atoms with Crippen LogP contribution in [0.2, 0.25) is 0 Å². The van der Waals surface area contributed by atoms with E-state index in [-0.39, 0.29) is 0 Å². The van der Waals surface area contributed by atoms with Gasteiger partial charge in [-0.2, -0.15) is 0 Å². The van der Waals surface area contributed by atoms with Gasteiger partial charge < -0.3 is 0 Å². The van der Waals surface area contributed by atoms with Gasteiger partial charge in [-0.15, -0.1) is 58.0 Å². The highest BCUT2D eigenvalue weighted by Crippen LogP contribution is 2.33. The topological polar surface area (TPSA) is 0 Å². The zero-order valence-electron chi connectivity index (χ0n) is 9.43. The Labute approximate surface area is 127 Å². The number of alkyl halides is 5. The lowest BCUT2D eigenvalue weighted by Crippen LogP contribution is -2.08. The molecule has 0 atom stereocenters. The van der Waals surface area contributed by atoms with Gasteiger partial charge in [-0.3, -0.25) is 0 Å². The maximum Gasteiger partial charge on any atom is 0.0480 e. The van der Waals surface area contributed by atoms with Crippen LogP contribution in [0.4, 0.5) is 0 Å². The Hall–Kier alpha value is 0.670. The van der Waals surface area contributed by atoms with Gasteiger partial charge in [0.15, 0.2) is 0 Å². The Kier molecular flexibility index (Phi) is 6.76. The van der Waals surface area contributed by atoms with Gasteiger partial charge in [-0.25, -0.2) is 0 Å². The van der Waals surface area contributed by atoms with Gasteiger partial charge in [0.1, 0.15) is 0 Å². The molecular weight excluding hydrogens is 321 g/mol. The molecule has 0 spiro atoms. The largest absolute Gasteiger partial charge is 0.122 e. The standard InChI is InChI=1S/C12H13Cl5/c1-7-8(2-13)10(4-15)12(6-17)11(5-16)9(7)3-14/h2-6H2,1H3. The minimum absolute atomic E-state index is 0.373. The van der Waals surface area contributed by atoms with Crippen molar-refractivity contribution in [1.29, 1.82) is 0 Å². The molecular formula is C12H13Cl5. The van der Waals surface area contributed by atoms with E-state index in [0.717, 1.165) is 33.4 Å². The highest BCUT2D eigenvalue weighted by atomic mass is 35.5. The van der Waals surface area contributed by atoms with E-state index in [0.29, 0.717) is 29.4 Å². The molecule has 0 N–H and O–H groups in total. The quantitative estimate of drug-likeness (QED) is 0.607. The summed E-state index contributed by atoms with van der Waals surface area (Å²) >= 11 is 30.0.